The minimum Gasteiger partial charge on any atom is -0.377 e. The SMILES string of the molecule is Cc1ccc2c(c1)C(O)(C1CCCCC1)c1nc3ccccc3c(=O)n1-2. The predicted octanol–water partition coefficient (Wildman–Crippen LogP) is 3.82. The Kier molecular flexibility index (Phi) is 3.35. The molecule has 2 heterocycles. The first-order chi connectivity index (χ1) is 12.6. The molecule has 1 fully saturated rings. The van der Waals surface area contributed by atoms with E-state index < -0.39 is 5.60 Å². The summed E-state index contributed by atoms with van der Waals surface area (Å²) in [5.41, 5.74) is 2.07. The molecule has 0 bridgehead atoms. The maximum atomic E-state index is 13.3. The smallest absolute Gasteiger partial charge is 0.266 e. The molecule has 1 N–H and O–H groups in total. The Morgan fingerprint density at radius 1 is 1.12 bits per heavy atom. The average Bonchev–Trinajstić information content (AvgIpc) is 2.92. The Balaban J connectivity index is 1.88. The lowest BCUT2D eigenvalue weighted by atomic mass is 9.73. The lowest BCUT2D eigenvalue weighted by Crippen LogP contribution is -2.38. The second kappa shape index (κ2) is 5.52. The van der Waals surface area contributed by atoms with Gasteiger partial charge in [-0.15, -0.1) is 0 Å². The van der Waals surface area contributed by atoms with Crippen molar-refractivity contribution in [2.45, 2.75) is 44.6 Å². The van der Waals surface area contributed by atoms with Crippen molar-refractivity contribution < 1.29 is 5.11 Å². The van der Waals surface area contributed by atoms with Gasteiger partial charge in [0.1, 0.15) is 0 Å². The van der Waals surface area contributed by atoms with E-state index in [1.807, 2.05) is 49.4 Å². The van der Waals surface area contributed by atoms with Crippen molar-refractivity contribution in [2.75, 3.05) is 0 Å². The van der Waals surface area contributed by atoms with Crippen molar-refractivity contribution in [3.05, 3.63) is 69.8 Å². The highest BCUT2D eigenvalue weighted by Gasteiger charge is 2.50. The van der Waals surface area contributed by atoms with Crippen LogP contribution in [-0.4, -0.2) is 14.7 Å². The summed E-state index contributed by atoms with van der Waals surface area (Å²) in [5, 5.41) is 12.6. The molecule has 1 saturated carbocycles. The van der Waals surface area contributed by atoms with Gasteiger partial charge in [-0.2, -0.15) is 0 Å². The largest absolute Gasteiger partial charge is 0.377 e. The predicted molar refractivity (Wildman–Crippen MR) is 102 cm³/mol. The third-order valence-electron chi connectivity index (χ3n) is 6.12. The Bertz CT molecular complexity index is 1080. The van der Waals surface area contributed by atoms with E-state index in [-0.39, 0.29) is 11.5 Å². The highest BCUT2D eigenvalue weighted by molar-refractivity contribution is 5.79. The maximum Gasteiger partial charge on any atom is 0.266 e. The van der Waals surface area contributed by atoms with Crippen molar-refractivity contribution in [2.24, 2.45) is 5.92 Å². The van der Waals surface area contributed by atoms with Crippen molar-refractivity contribution in [3.8, 4) is 5.69 Å². The zero-order valence-electron chi connectivity index (χ0n) is 14.9. The fraction of sp³-hybridized carbons (Fsp3) is 0.364. The first-order valence-corrected chi connectivity index (χ1v) is 9.47. The van der Waals surface area contributed by atoms with E-state index in [0.29, 0.717) is 16.7 Å². The van der Waals surface area contributed by atoms with Gasteiger partial charge in [-0.05, 0) is 43.9 Å². The van der Waals surface area contributed by atoms with E-state index in [1.54, 1.807) is 4.57 Å². The van der Waals surface area contributed by atoms with Gasteiger partial charge in [-0.1, -0.05) is 49.1 Å². The fourth-order valence-electron chi connectivity index (χ4n) is 4.81. The first-order valence-electron chi connectivity index (χ1n) is 9.47. The molecule has 1 atom stereocenters. The molecular formula is C22H22N2O2. The topological polar surface area (TPSA) is 55.1 Å². The molecule has 0 spiro atoms. The van der Waals surface area contributed by atoms with Crippen molar-refractivity contribution in [1.29, 1.82) is 0 Å². The Labute approximate surface area is 152 Å². The Morgan fingerprint density at radius 3 is 2.69 bits per heavy atom. The first kappa shape index (κ1) is 15.8. The van der Waals surface area contributed by atoms with Crippen LogP contribution in [0, 0.1) is 12.8 Å². The molecule has 2 aliphatic rings. The number of hydrogen-bond acceptors (Lipinski definition) is 3. The third kappa shape index (κ3) is 1.99. The third-order valence-corrected chi connectivity index (χ3v) is 6.12. The number of benzene rings is 2. The highest BCUT2D eigenvalue weighted by Crippen LogP contribution is 2.49. The van der Waals surface area contributed by atoms with Crippen LogP contribution >= 0.6 is 0 Å². The summed E-state index contributed by atoms with van der Waals surface area (Å²) < 4.78 is 1.64. The summed E-state index contributed by atoms with van der Waals surface area (Å²) in [5.74, 6) is 0.590. The lowest BCUT2D eigenvalue weighted by Gasteiger charge is -2.35. The number of hydrogen-bond donors (Lipinski definition) is 1. The van der Waals surface area contributed by atoms with Gasteiger partial charge in [0.05, 0.1) is 16.6 Å². The quantitative estimate of drug-likeness (QED) is 0.729. The molecule has 2 aromatic carbocycles. The molecule has 1 aliphatic heterocycles. The molecule has 26 heavy (non-hydrogen) atoms. The van der Waals surface area contributed by atoms with Crippen LogP contribution in [0.15, 0.2) is 47.3 Å². The maximum absolute atomic E-state index is 13.3. The normalized spacial score (nSPS) is 22.4. The second-order valence-electron chi connectivity index (χ2n) is 7.72. The van der Waals surface area contributed by atoms with E-state index in [4.69, 9.17) is 4.98 Å². The summed E-state index contributed by atoms with van der Waals surface area (Å²) in [7, 11) is 0. The zero-order valence-corrected chi connectivity index (χ0v) is 14.9. The van der Waals surface area contributed by atoms with Crippen LogP contribution in [0.25, 0.3) is 16.6 Å². The van der Waals surface area contributed by atoms with E-state index in [2.05, 4.69) is 0 Å². The second-order valence-corrected chi connectivity index (χ2v) is 7.72. The monoisotopic (exact) mass is 346 g/mol. The number of rotatable bonds is 1. The lowest BCUT2D eigenvalue weighted by molar-refractivity contribution is -0.00358. The molecule has 5 rings (SSSR count). The number of nitrogens with zero attached hydrogens (tertiary/aromatic N) is 2. The molecule has 4 nitrogen and oxygen atoms in total. The van der Waals surface area contributed by atoms with Gasteiger partial charge in [0.25, 0.3) is 5.56 Å². The van der Waals surface area contributed by atoms with Gasteiger partial charge in [0, 0.05) is 5.56 Å². The van der Waals surface area contributed by atoms with Crippen LogP contribution in [0.3, 0.4) is 0 Å². The minimum absolute atomic E-state index is 0.0950. The molecule has 0 saturated heterocycles. The van der Waals surface area contributed by atoms with Crippen LogP contribution < -0.4 is 5.56 Å². The van der Waals surface area contributed by atoms with Gasteiger partial charge >= 0.3 is 0 Å². The van der Waals surface area contributed by atoms with Crippen molar-refractivity contribution in [1.82, 2.24) is 9.55 Å². The summed E-state index contributed by atoms with van der Waals surface area (Å²) in [4.78, 5) is 18.1. The molecule has 132 valence electrons. The van der Waals surface area contributed by atoms with Crippen LogP contribution in [0.2, 0.25) is 0 Å². The number of aliphatic hydroxyl groups is 1. The molecular weight excluding hydrogens is 324 g/mol. The average molecular weight is 346 g/mol. The molecule has 4 heteroatoms. The number of aryl methyl sites for hydroxylation is 1. The molecule has 3 aromatic rings. The van der Waals surface area contributed by atoms with Gasteiger partial charge < -0.3 is 5.11 Å². The van der Waals surface area contributed by atoms with Gasteiger partial charge in [-0.25, -0.2) is 4.98 Å². The zero-order chi connectivity index (χ0) is 17.9. The fourth-order valence-corrected chi connectivity index (χ4v) is 4.81. The Hall–Kier alpha value is -2.46. The van der Waals surface area contributed by atoms with E-state index in [1.165, 1.54) is 6.42 Å². The van der Waals surface area contributed by atoms with Crippen molar-refractivity contribution in [3.63, 3.8) is 0 Å². The Morgan fingerprint density at radius 2 is 1.88 bits per heavy atom. The van der Waals surface area contributed by atoms with Gasteiger partial charge in [-0.3, -0.25) is 9.36 Å². The van der Waals surface area contributed by atoms with E-state index in [0.717, 1.165) is 42.5 Å². The minimum atomic E-state index is -1.19. The standard InChI is InChI=1S/C22H22N2O2/c1-14-11-12-19-17(13-14)22(26,15-7-3-2-4-8-15)21-23-18-10-6-5-9-16(18)20(25)24(19)21/h5-6,9-13,15,26H,2-4,7-8H2,1H3. The summed E-state index contributed by atoms with van der Waals surface area (Å²) >= 11 is 0. The summed E-state index contributed by atoms with van der Waals surface area (Å²) in [6, 6.07) is 13.4. The van der Waals surface area contributed by atoms with Crippen LogP contribution in [0.4, 0.5) is 0 Å². The van der Waals surface area contributed by atoms with Crippen molar-refractivity contribution >= 4 is 10.9 Å². The highest BCUT2D eigenvalue weighted by atomic mass is 16.3. The number of fused-ring (bicyclic) bond motifs is 4. The summed E-state index contributed by atoms with van der Waals surface area (Å²) in [6.45, 7) is 2.03. The van der Waals surface area contributed by atoms with E-state index in [9.17, 15) is 9.90 Å². The number of para-hydroxylation sites is 1. The van der Waals surface area contributed by atoms with Crippen LogP contribution in [-0.2, 0) is 5.60 Å². The molecule has 1 aromatic heterocycles. The number of aromatic nitrogens is 2. The van der Waals surface area contributed by atoms with E-state index >= 15 is 0 Å². The van der Waals surface area contributed by atoms with Crippen LogP contribution in [0.1, 0.15) is 49.1 Å². The molecule has 0 amide bonds. The summed E-state index contributed by atoms with van der Waals surface area (Å²) in [6.07, 6.45) is 5.38. The van der Waals surface area contributed by atoms with Gasteiger partial charge in [0.2, 0.25) is 0 Å². The van der Waals surface area contributed by atoms with Gasteiger partial charge in [0.15, 0.2) is 11.4 Å². The molecule has 0 radical (unpaired) electrons. The molecule has 1 unspecified atom stereocenters. The molecule has 1 aliphatic carbocycles. The van der Waals surface area contributed by atoms with Crippen LogP contribution in [0.5, 0.6) is 0 Å².